The highest BCUT2D eigenvalue weighted by molar-refractivity contribution is 5.94. The molecule has 8 heteroatoms. The predicted octanol–water partition coefficient (Wildman–Crippen LogP) is -1.07. The van der Waals surface area contributed by atoms with Crippen molar-refractivity contribution in [2.75, 3.05) is 26.1 Å². The summed E-state index contributed by atoms with van der Waals surface area (Å²) in [7, 11) is 3.09. The summed E-state index contributed by atoms with van der Waals surface area (Å²) in [6.45, 7) is 0.520. The highest BCUT2D eigenvalue weighted by Crippen LogP contribution is 2.05. The molecule has 0 aliphatic rings. The minimum atomic E-state index is -0.637. The number of anilines is 1. The van der Waals surface area contributed by atoms with Crippen molar-refractivity contribution in [1.82, 2.24) is 15.1 Å². The quantitative estimate of drug-likeness (QED) is 0.583. The Balaban J connectivity index is 2.48. The zero-order valence-electron chi connectivity index (χ0n) is 11.0. The number of nitrogens with two attached hydrogens (primary N) is 1. The van der Waals surface area contributed by atoms with Gasteiger partial charge in [0.1, 0.15) is 6.54 Å². The minimum absolute atomic E-state index is 0.0993. The SMILES string of the molecule is CNC(=O)Cn1cc(NC(=O)C(N)CCOC)cn1. The standard InChI is InChI=1S/C11H19N5O3/c1-13-10(17)7-16-6-8(5-14-16)15-11(18)9(12)3-4-19-2/h5-6,9H,3-4,7,12H2,1-2H3,(H,13,17)(H,15,18). The summed E-state index contributed by atoms with van der Waals surface area (Å²) >= 11 is 0. The van der Waals surface area contributed by atoms with E-state index in [-0.39, 0.29) is 18.4 Å². The van der Waals surface area contributed by atoms with Crippen molar-refractivity contribution in [1.29, 1.82) is 0 Å². The summed E-state index contributed by atoms with van der Waals surface area (Å²) in [6.07, 6.45) is 3.47. The number of ether oxygens (including phenoxy) is 1. The zero-order chi connectivity index (χ0) is 14.3. The van der Waals surface area contributed by atoms with Crippen LogP contribution in [-0.2, 0) is 20.9 Å². The monoisotopic (exact) mass is 269 g/mol. The fraction of sp³-hybridized carbons (Fsp3) is 0.545. The van der Waals surface area contributed by atoms with Gasteiger partial charge in [0.15, 0.2) is 0 Å². The lowest BCUT2D eigenvalue weighted by Gasteiger charge is -2.10. The molecule has 106 valence electrons. The van der Waals surface area contributed by atoms with Crippen molar-refractivity contribution in [3.63, 3.8) is 0 Å². The van der Waals surface area contributed by atoms with Crippen LogP contribution in [0.25, 0.3) is 0 Å². The van der Waals surface area contributed by atoms with Crippen molar-refractivity contribution in [2.45, 2.75) is 19.0 Å². The van der Waals surface area contributed by atoms with Gasteiger partial charge in [-0.25, -0.2) is 0 Å². The van der Waals surface area contributed by atoms with Gasteiger partial charge in [-0.3, -0.25) is 14.3 Å². The predicted molar refractivity (Wildman–Crippen MR) is 69.4 cm³/mol. The number of hydrogen-bond acceptors (Lipinski definition) is 5. The molecule has 0 aromatic carbocycles. The zero-order valence-corrected chi connectivity index (χ0v) is 11.0. The number of amides is 2. The van der Waals surface area contributed by atoms with E-state index in [9.17, 15) is 9.59 Å². The first-order valence-corrected chi connectivity index (χ1v) is 5.85. The van der Waals surface area contributed by atoms with E-state index in [2.05, 4.69) is 15.7 Å². The Morgan fingerprint density at radius 2 is 2.32 bits per heavy atom. The molecule has 4 N–H and O–H groups in total. The Morgan fingerprint density at radius 1 is 1.58 bits per heavy atom. The Hall–Kier alpha value is -1.93. The summed E-state index contributed by atoms with van der Waals surface area (Å²) in [5, 5.41) is 9.07. The van der Waals surface area contributed by atoms with Crippen LogP contribution in [0.3, 0.4) is 0 Å². The van der Waals surface area contributed by atoms with Gasteiger partial charge in [0.05, 0.1) is 17.9 Å². The summed E-state index contributed by atoms with van der Waals surface area (Å²) in [4.78, 5) is 22.8. The number of carbonyl (C=O) groups is 2. The van der Waals surface area contributed by atoms with E-state index in [1.165, 1.54) is 10.9 Å². The number of nitrogens with zero attached hydrogens (tertiary/aromatic N) is 2. The van der Waals surface area contributed by atoms with Gasteiger partial charge in [0, 0.05) is 27.0 Å². The molecular formula is C11H19N5O3. The molecule has 0 saturated heterocycles. The highest BCUT2D eigenvalue weighted by Gasteiger charge is 2.14. The Bertz CT molecular complexity index is 432. The maximum atomic E-state index is 11.7. The molecule has 0 bridgehead atoms. The van der Waals surface area contributed by atoms with Crippen LogP contribution in [-0.4, -0.2) is 48.4 Å². The van der Waals surface area contributed by atoms with Crippen molar-refractivity contribution in [2.24, 2.45) is 5.73 Å². The van der Waals surface area contributed by atoms with E-state index in [1.807, 2.05) is 0 Å². The van der Waals surface area contributed by atoms with Crippen LogP contribution in [0.2, 0.25) is 0 Å². The lowest BCUT2D eigenvalue weighted by molar-refractivity contribution is -0.121. The summed E-state index contributed by atoms with van der Waals surface area (Å²) in [5.41, 5.74) is 6.18. The van der Waals surface area contributed by atoms with Gasteiger partial charge < -0.3 is 21.1 Å². The first-order valence-electron chi connectivity index (χ1n) is 5.85. The van der Waals surface area contributed by atoms with E-state index in [4.69, 9.17) is 10.5 Å². The number of carbonyl (C=O) groups excluding carboxylic acids is 2. The second-order valence-electron chi connectivity index (χ2n) is 3.98. The molecule has 0 saturated carbocycles. The molecule has 0 spiro atoms. The molecule has 0 fully saturated rings. The number of aromatic nitrogens is 2. The molecule has 1 aromatic rings. The molecule has 1 unspecified atom stereocenters. The average molecular weight is 269 g/mol. The Labute approximate surface area is 111 Å². The van der Waals surface area contributed by atoms with E-state index in [0.29, 0.717) is 18.7 Å². The van der Waals surface area contributed by atoms with Crippen LogP contribution in [0.1, 0.15) is 6.42 Å². The topological polar surface area (TPSA) is 111 Å². The third kappa shape index (κ3) is 5.06. The molecule has 8 nitrogen and oxygen atoms in total. The van der Waals surface area contributed by atoms with E-state index in [0.717, 1.165) is 0 Å². The second-order valence-corrected chi connectivity index (χ2v) is 3.98. The van der Waals surface area contributed by atoms with Crippen LogP contribution < -0.4 is 16.4 Å². The Morgan fingerprint density at radius 3 is 2.95 bits per heavy atom. The van der Waals surface area contributed by atoms with Crippen molar-refractivity contribution in [3.8, 4) is 0 Å². The number of hydrogen-bond donors (Lipinski definition) is 3. The second kappa shape index (κ2) is 7.49. The summed E-state index contributed by atoms with van der Waals surface area (Å²) in [5.74, 6) is -0.477. The van der Waals surface area contributed by atoms with Gasteiger partial charge in [-0.15, -0.1) is 0 Å². The molecule has 1 rings (SSSR count). The van der Waals surface area contributed by atoms with Gasteiger partial charge in [0.25, 0.3) is 0 Å². The van der Waals surface area contributed by atoms with Gasteiger partial charge in [-0.1, -0.05) is 0 Å². The van der Waals surface area contributed by atoms with Crippen LogP contribution in [0.15, 0.2) is 12.4 Å². The van der Waals surface area contributed by atoms with Crippen LogP contribution in [0.4, 0.5) is 5.69 Å². The first kappa shape index (κ1) is 15.1. The molecular weight excluding hydrogens is 250 g/mol. The Kier molecular flexibility index (Phi) is 5.97. The van der Waals surface area contributed by atoms with Crippen LogP contribution in [0.5, 0.6) is 0 Å². The highest BCUT2D eigenvalue weighted by atomic mass is 16.5. The molecule has 0 radical (unpaired) electrons. The van der Waals surface area contributed by atoms with E-state index >= 15 is 0 Å². The largest absolute Gasteiger partial charge is 0.385 e. The van der Waals surface area contributed by atoms with Gasteiger partial charge in [0.2, 0.25) is 11.8 Å². The van der Waals surface area contributed by atoms with Gasteiger partial charge in [-0.05, 0) is 6.42 Å². The van der Waals surface area contributed by atoms with Crippen molar-refractivity contribution < 1.29 is 14.3 Å². The first-order chi connectivity index (χ1) is 9.06. The third-order valence-corrected chi connectivity index (χ3v) is 2.45. The summed E-state index contributed by atoms with van der Waals surface area (Å²) in [6, 6.07) is -0.637. The van der Waals surface area contributed by atoms with E-state index < -0.39 is 6.04 Å². The molecule has 19 heavy (non-hydrogen) atoms. The normalized spacial score (nSPS) is 11.9. The van der Waals surface area contributed by atoms with Gasteiger partial charge in [-0.2, -0.15) is 5.10 Å². The summed E-state index contributed by atoms with van der Waals surface area (Å²) < 4.78 is 6.28. The lowest BCUT2D eigenvalue weighted by atomic mass is 10.2. The third-order valence-electron chi connectivity index (χ3n) is 2.45. The van der Waals surface area contributed by atoms with Crippen LogP contribution >= 0.6 is 0 Å². The van der Waals surface area contributed by atoms with Crippen molar-refractivity contribution >= 4 is 17.5 Å². The fourth-order valence-corrected chi connectivity index (χ4v) is 1.35. The number of likely N-dealkylation sites (N-methyl/N-ethyl adjacent to an activating group) is 1. The average Bonchev–Trinajstić information content (AvgIpc) is 2.82. The molecule has 0 aliphatic heterocycles. The maximum Gasteiger partial charge on any atom is 0.241 e. The van der Waals surface area contributed by atoms with Crippen LogP contribution in [0, 0.1) is 0 Å². The fourth-order valence-electron chi connectivity index (χ4n) is 1.35. The van der Waals surface area contributed by atoms with Crippen molar-refractivity contribution in [3.05, 3.63) is 12.4 Å². The molecule has 0 aliphatic carbocycles. The minimum Gasteiger partial charge on any atom is -0.385 e. The lowest BCUT2D eigenvalue weighted by Crippen LogP contribution is -2.36. The number of methoxy groups -OCH3 is 1. The maximum absolute atomic E-state index is 11.7. The smallest absolute Gasteiger partial charge is 0.241 e. The van der Waals surface area contributed by atoms with Gasteiger partial charge >= 0.3 is 0 Å². The number of nitrogens with one attached hydrogen (secondary N) is 2. The molecule has 1 heterocycles. The molecule has 1 aromatic heterocycles. The molecule has 2 amide bonds. The van der Waals surface area contributed by atoms with E-state index in [1.54, 1.807) is 20.4 Å². The molecule has 1 atom stereocenters. The number of rotatable bonds is 7.